The zero-order valence-electron chi connectivity index (χ0n) is 7.79. The molecule has 4 N–H and O–H groups in total. The molecule has 1 atom stereocenters. The quantitative estimate of drug-likeness (QED) is 0.566. The fraction of sp³-hybridized carbons (Fsp3) is 0.222. The summed E-state index contributed by atoms with van der Waals surface area (Å²) in [6, 6.07) is 0.0436. The maximum atomic E-state index is 12.9. The van der Waals surface area contributed by atoms with Crippen molar-refractivity contribution < 1.29 is 19.4 Å². The highest BCUT2D eigenvalue weighted by Crippen LogP contribution is 2.37. The lowest BCUT2D eigenvalue weighted by molar-refractivity contribution is 0.0963. The molecule has 0 saturated heterocycles. The number of phenolic OH excluding ortho intramolecular Hbond substituents is 2. The topological polar surface area (TPSA) is 83.6 Å². The van der Waals surface area contributed by atoms with E-state index in [1.54, 1.807) is 0 Å². The summed E-state index contributed by atoms with van der Waals surface area (Å²) in [5.74, 6) is -3.36. The third kappa shape index (κ3) is 2.10. The van der Waals surface area contributed by atoms with Gasteiger partial charge in [0.15, 0.2) is 23.1 Å². The van der Waals surface area contributed by atoms with Crippen molar-refractivity contribution in [2.75, 3.05) is 0 Å². The van der Waals surface area contributed by atoms with E-state index in [0.29, 0.717) is 0 Å². The van der Waals surface area contributed by atoms with Gasteiger partial charge in [0, 0.05) is 4.47 Å². The number of Topliss-reactive ketones (excluding diaryl/α,β-unsaturated/α-hetero) is 1. The van der Waals surface area contributed by atoms with Crippen molar-refractivity contribution in [1.82, 2.24) is 0 Å². The molecular weight excluding hydrogens is 269 g/mol. The van der Waals surface area contributed by atoms with Crippen molar-refractivity contribution >= 4 is 21.7 Å². The van der Waals surface area contributed by atoms with E-state index in [1.165, 1.54) is 6.92 Å². The molecule has 1 aromatic rings. The van der Waals surface area contributed by atoms with Crippen LogP contribution in [-0.2, 0) is 0 Å². The summed E-state index contributed by atoms with van der Waals surface area (Å²) in [5, 5.41) is 18.5. The van der Waals surface area contributed by atoms with Crippen LogP contribution in [0.1, 0.15) is 17.3 Å². The Morgan fingerprint density at radius 2 is 2.07 bits per heavy atom. The average molecular weight is 278 g/mol. The van der Waals surface area contributed by atoms with Gasteiger partial charge in [-0.05, 0) is 28.9 Å². The molecule has 1 unspecified atom stereocenters. The molecule has 82 valence electrons. The summed E-state index contributed by atoms with van der Waals surface area (Å²) in [7, 11) is 0. The highest BCUT2D eigenvalue weighted by Gasteiger charge is 2.23. The lowest BCUT2D eigenvalue weighted by Gasteiger charge is -2.10. The molecule has 0 aliphatic heterocycles. The predicted molar refractivity (Wildman–Crippen MR) is 55.4 cm³/mol. The van der Waals surface area contributed by atoms with Crippen LogP contribution in [0, 0.1) is 5.82 Å². The summed E-state index contributed by atoms with van der Waals surface area (Å²) in [6.07, 6.45) is 0. The van der Waals surface area contributed by atoms with Gasteiger partial charge in [-0.15, -0.1) is 0 Å². The normalized spacial score (nSPS) is 12.5. The molecule has 0 amide bonds. The Morgan fingerprint density at radius 3 is 2.53 bits per heavy atom. The van der Waals surface area contributed by atoms with Crippen molar-refractivity contribution in [3.63, 3.8) is 0 Å². The lowest BCUT2D eigenvalue weighted by atomic mass is 10.0. The lowest BCUT2D eigenvalue weighted by Crippen LogP contribution is -2.27. The summed E-state index contributed by atoms with van der Waals surface area (Å²) in [6.45, 7) is 1.43. The number of ketones is 1. The second kappa shape index (κ2) is 4.16. The molecule has 1 aromatic carbocycles. The van der Waals surface area contributed by atoms with Gasteiger partial charge in [0.2, 0.25) is 0 Å². The summed E-state index contributed by atoms with van der Waals surface area (Å²) >= 11 is 2.91. The molecule has 0 aromatic heterocycles. The monoisotopic (exact) mass is 277 g/mol. The van der Waals surface area contributed by atoms with E-state index < -0.39 is 29.1 Å². The predicted octanol–water partition coefficient (Wildman–Crippen LogP) is 1.53. The first-order valence-electron chi connectivity index (χ1n) is 4.06. The highest BCUT2D eigenvalue weighted by atomic mass is 79.9. The number of benzene rings is 1. The maximum absolute atomic E-state index is 12.9. The molecule has 6 heteroatoms. The fourth-order valence-electron chi connectivity index (χ4n) is 1.06. The van der Waals surface area contributed by atoms with Crippen molar-refractivity contribution in [3.8, 4) is 11.5 Å². The van der Waals surface area contributed by atoms with Crippen LogP contribution >= 0.6 is 15.9 Å². The first-order chi connectivity index (χ1) is 6.86. The van der Waals surface area contributed by atoms with Gasteiger partial charge in [0.25, 0.3) is 0 Å². The molecule has 0 heterocycles. The van der Waals surface area contributed by atoms with E-state index in [4.69, 9.17) is 10.8 Å². The summed E-state index contributed by atoms with van der Waals surface area (Å²) in [5.41, 5.74) is 5.12. The molecule has 15 heavy (non-hydrogen) atoms. The number of nitrogens with two attached hydrogens (primary N) is 1. The van der Waals surface area contributed by atoms with Gasteiger partial charge in [-0.2, -0.15) is 0 Å². The van der Waals surface area contributed by atoms with E-state index >= 15 is 0 Å². The maximum Gasteiger partial charge on any atom is 0.194 e. The molecule has 0 spiro atoms. The summed E-state index contributed by atoms with van der Waals surface area (Å²) in [4.78, 5) is 11.5. The Morgan fingerprint density at radius 1 is 1.53 bits per heavy atom. The van der Waals surface area contributed by atoms with E-state index in [0.717, 1.165) is 6.07 Å². The SMILES string of the molecule is CC(N)C(=O)c1c(Br)cc(F)c(O)c1O. The van der Waals surface area contributed by atoms with Crippen LogP contribution in [0.3, 0.4) is 0 Å². The molecule has 0 fully saturated rings. The molecule has 0 radical (unpaired) electrons. The molecule has 0 bridgehead atoms. The van der Waals surface area contributed by atoms with Crippen molar-refractivity contribution in [3.05, 3.63) is 21.9 Å². The minimum Gasteiger partial charge on any atom is -0.504 e. The van der Waals surface area contributed by atoms with E-state index in [-0.39, 0.29) is 10.0 Å². The second-order valence-corrected chi connectivity index (χ2v) is 3.92. The minimum absolute atomic E-state index is 0.0533. The Balaban J connectivity index is 3.43. The zero-order valence-corrected chi connectivity index (χ0v) is 9.38. The molecule has 4 nitrogen and oxygen atoms in total. The first-order valence-corrected chi connectivity index (χ1v) is 4.85. The largest absolute Gasteiger partial charge is 0.504 e. The number of hydrogen-bond acceptors (Lipinski definition) is 4. The first kappa shape index (κ1) is 11.9. The third-order valence-corrected chi connectivity index (χ3v) is 2.46. The Hall–Kier alpha value is -1.14. The van der Waals surface area contributed by atoms with E-state index in [2.05, 4.69) is 15.9 Å². The number of carbonyl (C=O) groups excluding carboxylic acids is 1. The van der Waals surface area contributed by atoms with E-state index in [9.17, 15) is 14.3 Å². The molecule has 0 aliphatic carbocycles. The van der Waals surface area contributed by atoms with Crippen LogP contribution in [0.2, 0.25) is 0 Å². The number of rotatable bonds is 2. The number of phenols is 2. The highest BCUT2D eigenvalue weighted by molar-refractivity contribution is 9.10. The minimum atomic E-state index is -1.01. The van der Waals surface area contributed by atoms with Gasteiger partial charge >= 0.3 is 0 Å². The molecule has 0 aliphatic rings. The second-order valence-electron chi connectivity index (χ2n) is 3.07. The van der Waals surface area contributed by atoms with Crippen LogP contribution in [0.15, 0.2) is 10.5 Å². The smallest absolute Gasteiger partial charge is 0.194 e. The zero-order chi connectivity index (χ0) is 11.7. The van der Waals surface area contributed by atoms with E-state index in [1.807, 2.05) is 0 Å². The van der Waals surface area contributed by atoms with Crippen molar-refractivity contribution in [2.45, 2.75) is 13.0 Å². The third-order valence-electron chi connectivity index (χ3n) is 1.84. The van der Waals surface area contributed by atoms with Gasteiger partial charge in [-0.1, -0.05) is 0 Å². The number of carbonyl (C=O) groups is 1. The number of halogens is 2. The Kier molecular flexibility index (Phi) is 3.31. The fourth-order valence-corrected chi connectivity index (χ4v) is 1.64. The van der Waals surface area contributed by atoms with Crippen LogP contribution < -0.4 is 5.73 Å². The van der Waals surface area contributed by atoms with Crippen LogP contribution in [0.5, 0.6) is 11.5 Å². The average Bonchev–Trinajstić information content (AvgIpc) is 2.14. The summed E-state index contributed by atoms with van der Waals surface area (Å²) < 4.78 is 13.0. The standard InChI is InChI=1S/C9H9BrFNO3/c1-3(12)7(13)6-4(10)2-5(11)8(14)9(6)15/h2-3,14-15H,12H2,1H3. The molecule has 1 rings (SSSR count). The molecule has 0 saturated carbocycles. The van der Waals surface area contributed by atoms with Gasteiger partial charge in [-0.3, -0.25) is 4.79 Å². The Bertz CT molecular complexity index is 420. The van der Waals surface area contributed by atoms with Crippen LogP contribution in [0.25, 0.3) is 0 Å². The van der Waals surface area contributed by atoms with Gasteiger partial charge in [-0.25, -0.2) is 4.39 Å². The van der Waals surface area contributed by atoms with Gasteiger partial charge in [0.05, 0.1) is 11.6 Å². The Labute approximate surface area is 93.6 Å². The van der Waals surface area contributed by atoms with Crippen molar-refractivity contribution in [2.24, 2.45) is 5.73 Å². The van der Waals surface area contributed by atoms with Crippen LogP contribution in [-0.4, -0.2) is 22.0 Å². The van der Waals surface area contributed by atoms with Crippen molar-refractivity contribution in [1.29, 1.82) is 0 Å². The van der Waals surface area contributed by atoms with Gasteiger partial charge < -0.3 is 15.9 Å². The number of hydrogen-bond donors (Lipinski definition) is 3. The van der Waals surface area contributed by atoms with Gasteiger partial charge in [0.1, 0.15) is 0 Å². The number of aromatic hydroxyl groups is 2. The van der Waals surface area contributed by atoms with Crippen LogP contribution in [0.4, 0.5) is 4.39 Å². The molecular formula is C9H9BrFNO3.